The fraction of sp³-hybridized carbons (Fsp3) is 0.647. The standard InChI is InChI=1S/C17H29NO/c1-3-5-13-18(14-6-4-2)17-11-9-16(10-12-17)8-7-15-19/h9-12,19H,3-8,13-15H2,1-2H3. The quantitative estimate of drug-likeness (QED) is 0.689. The Labute approximate surface area is 118 Å². The van der Waals surface area contributed by atoms with Gasteiger partial charge in [-0.2, -0.15) is 0 Å². The summed E-state index contributed by atoms with van der Waals surface area (Å²) < 4.78 is 0. The Morgan fingerprint density at radius 3 is 1.95 bits per heavy atom. The average Bonchev–Trinajstić information content (AvgIpc) is 2.46. The molecule has 0 saturated carbocycles. The maximum atomic E-state index is 8.86. The molecule has 0 aliphatic heterocycles. The van der Waals surface area contributed by atoms with E-state index < -0.39 is 0 Å². The van der Waals surface area contributed by atoms with Gasteiger partial charge in [0.25, 0.3) is 0 Å². The molecule has 1 aromatic rings. The molecule has 1 N–H and O–H groups in total. The molecule has 0 spiro atoms. The zero-order valence-corrected chi connectivity index (χ0v) is 12.6. The number of nitrogens with zero attached hydrogens (tertiary/aromatic N) is 1. The number of aliphatic hydroxyl groups excluding tert-OH is 1. The van der Waals surface area contributed by atoms with Crippen LogP contribution in [0.25, 0.3) is 0 Å². The smallest absolute Gasteiger partial charge is 0.0434 e. The highest BCUT2D eigenvalue weighted by Crippen LogP contribution is 2.17. The number of benzene rings is 1. The van der Waals surface area contributed by atoms with Crippen LogP contribution in [-0.4, -0.2) is 24.8 Å². The van der Waals surface area contributed by atoms with Gasteiger partial charge in [0.2, 0.25) is 0 Å². The van der Waals surface area contributed by atoms with Gasteiger partial charge in [0.1, 0.15) is 0 Å². The van der Waals surface area contributed by atoms with Crippen molar-refractivity contribution in [3.63, 3.8) is 0 Å². The van der Waals surface area contributed by atoms with Gasteiger partial charge in [-0.05, 0) is 43.4 Å². The monoisotopic (exact) mass is 263 g/mol. The average molecular weight is 263 g/mol. The van der Waals surface area contributed by atoms with Crippen LogP contribution in [-0.2, 0) is 6.42 Å². The molecule has 1 aromatic carbocycles. The summed E-state index contributed by atoms with van der Waals surface area (Å²) in [5.41, 5.74) is 2.67. The first-order valence-corrected chi connectivity index (χ1v) is 7.76. The third-order valence-electron chi connectivity index (χ3n) is 3.49. The third-order valence-corrected chi connectivity index (χ3v) is 3.49. The number of rotatable bonds is 10. The van der Waals surface area contributed by atoms with Gasteiger partial charge in [-0.3, -0.25) is 0 Å². The van der Waals surface area contributed by atoms with E-state index in [1.807, 2.05) is 0 Å². The van der Waals surface area contributed by atoms with Crippen molar-refractivity contribution >= 4 is 5.69 Å². The number of anilines is 1. The molecule has 108 valence electrons. The van der Waals surface area contributed by atoms with Crippen LogP contribution in [0.5, 0.6) is 0 Å². The van der Waals surface area contributed by atoms with Crippen LogP contribution in [0.2, 0.25) is 0 Å². The Morgan fingerprint density at radius 1 is 0.895 bits per heavy atom. The van der Waals surface area contributed by atoms with Gasteiger partial charge in [-0.15, -0.1) is 0 Å². The lowest BCUT2D eigenvalue weighted by atomic mass is 10.1. The van der Waals surface area contributed by atoms with Crippen LogP contribution in [0.1, 0.15) is 51.5 Å². The lowest BCUT2D eigenvalue weighted by molar-refractivity contribution is 0.288. The third kappa shape index (κ3) is 6.11. The van der Waals surface area contributed by atoms with Gasteiger partial charge in [0, 0.05) is 25.4 Å². The van der Waals surface area contributed by atoms with Gasteiger partial charge in [0.15, 0.2) is 0 Å². The van der Waals surface area contributed by atoms with Crippen LogP contribution < -0.4 is 4.90 Å². The molecule has 2 nitrogen and oxygen atoms in total. The van der Waals surface area contributed by atoms with Gasteiger partial charge < -0.3 is 10.0 Å². The SMILES string of the molecule is CCCCN(CCCC)c1ccc(CCCO)cc1. The maximum Gasteiger partial charge on any atom is 0.0434 e. The van der Waals surface area contributed by atoms with Crippen molar-refractivity contribution < 1.29 is 5.11 Å². The van der Waals surface area contributed by atoms with E-state index in [0.29, 0.717) is 0 Å². The topological polar surface area (TPSA) is 23.5 Å². The zero-order valence-electron chi connectivity index (χ0n) is 12.6. The molecular formula is C17H29NO. The Morgan fingerprint density at radius 2 is 1.47 bits per heavy atom. The molecule has 0 unspecified atom stereocenters. The molecule has 0 bridgehead atoms. The van der Waals surface area contributed by atoms with Gasteiger partial charge >= 0.3 is 0 Å². The van der Waals surface area contributed by atoms with Crippen molar-refractivity contribution in [2.24, 2.45) is 0 Å². The van der Waals surface area contributed by atoms with Crippen LogP contribution in [0, 0.1) is 0 Å². The molecule has 0 radical (unpaired) electrons. The van der Waals surface area contributed by atoms with Crippen molar-refractivity contribution in [3.05, 3.63) is 29.8 Å². The van der Waals surface area contributed by atoms with Gasteiger partial charge in [0.05, 0.1) is 0 Å². The lowest BCUT2D eigenvalue weighted by Crippen LogP contribution is -2.25. The Hall–Kier alpha value is -1.02. The van der Waals surface area contributed by atoms with Crippen molar-refractivity contribution in [2.45, 2.75) is 52.4 Å². The van der Waals surface area contributed by atoms with E-state index in [1.165, 1.54) is 36.9 Å². The summed E-state index contributed by atoms with van der Waals surface area (Å²) in [7, 11) is 0. The van der Waals surface area contributed by atoms with Gasteiger partial charge in [-0.25, -0.2) is 0 Å². The highest BCUT2D eigenvalue weighted by atomic mass is 16.2. The minimum Gasteiger partial charge on any atom is -0.396 e. The fourth-order valence-electron chi connectivity index (χ4n) is 2.22. The molecule has 0 saturated heterocycles. The van der Waals surface area contributed by atoms with E-state index in [-0.39, 0.29) is 6.61 Å². The van der Waals surface area contributed by atoms with Crippen molar-refractivity contribution in [2.75, 3.05) is 24.6 Å². The summed E-state index contributed by atoms with van der Waals surface area (Å²) >= 11 is 0. The summed E-state index contributed by atoms with van der Waals surface area (Å²) in [5.74, 6) is 0. The summed E-state index contributed by atoms with van der Waals surface area (Å²) in [5, 5.41) is 8.86. The molecular weight excluding hydrogens is 234 g/mol. The zero-order chi connectivity index (χ0) is 13.9. The molecule has 0 aromatic heterocycles. The van der Waals surface area contributed by atoms with Crippen molar-refractivity contribution in [1.82, 2.24) is 0 Å². The largest absolute Gasteiger partial charge is 0.396 e. The van der Waals surface area contributed by atoms with E-state index in [1.54, 1.807) is 0 Å². The number of hydrogen-bond acceptors (Lipinski definition) is 2. The summed E-state index contributed by atoms with van der Waals surface area (Å²) in [6.45, 7) is 7.09. The second-order valence-electron chi connectivity index (χ2n) is 5.19. The second-order valence-corrected chi connectivity index (χ2v) is 5.19. The molecule has 0 aliphatic rings. The molecule has 0 atom stereocenters. The molecule has 0 aliphatic carbocycles. The lowest BCUT2D eigenvalue weighted by Gasteiger charge is -2.25. The summed E-state index contributed by atoms with van der Waals surface area (Å²) in [6, 6.07) is 8.88. The summed E-state index contributed by atoms with van der Waals surface area (Å²) in [6.07, 6.45) is 6.84. The molecule has 2 heteroatoms. The highest BCUT2D eigenvalue weighted by Gasteiger charge is 2.05. The number of aliphatic hydroxyl groups is 1. The van der Waals surface area contributed by atoms with Crippen molar-refractivity contribution in [3.8, 4) is 0 Å². The predicted molar refractivity (Wildman–Crippen MR) is 83.9 cm³/mol. The van der Waals surface area contributed by atoms with Crippen LogP contribution in [0.4, 0.5) is 5.69 Å². The minimum absolute atomic E-state index is 0.279. The van der Waals surface area contributed by atoms with Crippen LogP contribution in [0.15, 0.2) is 24.3 Å². The molecule has 0 heterocycles. The molecule has 1 rings (SSSR count). The maximum absolute atomic E-state index is 8.86. The predicted octanol–water partition coefficient (Wildman–Crippen LogP) is 4.02. The van der Waals surface area contributed by atoms with Crippen LogP contribution >= 0.6 is 0 Å². The second kappa shape index (κ2) is 9.85. The van der Waals surface area contributed by atoms with Gasteiger partial charge in [-0.1, -0.05) is 38.8 Å². The normalized spacial score (nSPS) is 10.7. The van der Waals surface area contributed by atoms with Crippen molar-refractivity contribution in [1.29, 1.82) is 0 Å². The minimum atomic E-state index is 0.279. The molecule has 0 amide bonds. The summed E-state index contributed by atoms with van der Waals surface area (Å²) in [4.78, 5) is 2.50. The first-order valence-electron chi connectivity index (χ1n) is 7.76. The van der Waals surface area contributed by atoms with E-state index in [0.717, 1.165) is 25.9 Å². The Balaban J connectivity index is 2.61. The van der Waals surface area contributed by atoms with Crippen LogP contribution in [0.3, 0.4) is 0 Å². The first-order chi connectivity index (χ1) is 9.31. The highest BCUT2D eigenvalue weighted by molar-refractivity contribution is 5.47. The van der Waals surface area contributed by atoms with E-state index in [2.05, 4.69) is 43.0 Å². The number of aryl methyl sites for hydroxylation is 1. The number of unbranched alkanes of at least 4 members (excludes halogenated alkanes) is 2. The van der Waals surface area contributed by atoms with E-state index in [9.17, 15) is 0 Å². The fourth-order valence-corrected chi connectivity index (χ4v) is 2.22. The number of hydrogen-bond donors (Lipinski definition) is 1. The first kappa shape index (κ1) is 16.0. The molecule has 0 fully saturated rings. The molecule has 19 heavy (non-hydrogen) atoms. The van der Waals surface area contributed by atoms with E-state index in [4.69, 9.17) is 5.11 Å². The van der Waals surface area contributed by atoms with E-state index >= 15 is 0 Å². The Bertz CT molecular complexity index is 313. The Kier molecular flexibility index (Phi) is 8.31.